The molecule has 2 aromatic rings. The number of hydrogen-bond acceptors (Lipinski definition) is 4. The van der Waals surface area contributed by atoms with E-state index < -0.39 is 34.3 Å². The van der Waals surface area contributed by atoms with Crippen LogP contribution in [0.25, 0.3) is 0 Å². The number of carbonyl (C=O) groups excluding carboxylic acids is 1. The van der Waals surface area contributed by atoms with Crippen LogP contribution in [0.4, 0.5) is 13.2 Å². The van der Waals surface area contributed by atoms with E-state index in [9.17, 15) is 26.4 Å². The Kier molecular flexibility index (Phi) is 6.15. The van der Waals surface area contributed by atoms with E-state index in [1.165, 1.54) is 31.2 Å². The molecule has 0 unspecified atom stereocenters. The standard InChI is InChI=1S/C13H11Br2F3N4O3S/c1-7-11(15)12(13(16,17)18)20-22(7)6-10(23)19-21-26(24,25)9-4-2-8(14)3-5-9/h2-5,21H,6H2,1H3,(H,19,23). The van der Waals surface area contributed by atoms with E-state index in [4.69, 9.17) is 0 Å². The van der Waals surface area contributed by atoms with Crippen molar-refractivity contribution in [3.63, 3.8) is 0 Å². The molecule has 142 valence electrons. The highest BCUT2D eigenvalue weighted by molar-refractivity contribution is 9.10. The molecule has 1 aromatic carbocycles. The maximum Gasteiger partial charge on any atom is 0.436 e. The van der Waals surface area contributed by atoms with Gasteiger partial charge in [-0.15, -0.1) is 4.83 Å². The highest BCUT2D eigenvalue weighted by Gasteiger charge is 2.38. The molecular formula is C13H11Br2F3N4O3S. The Morgan fingerprint density at radius 1 is 1.23 bits per heavy atom. The molecule has 0 fully saturated rings. The average Bonchev–Trinajstić information content (AvgIpc) is 2.82. The van der Waals surface area contributed by atoms with Crippen LogP contribution in [0.5, 0.6) is 0 Å². The smallest absolute Gasteiger partial charge is 0.276 e. The third kappa shape index (κ3) is 4.84. The van der Waals surface area contributed by atoms with Crippen molar-refractivity contribution in [2.45, 2.75) is 24.5 Å². The number of halogens is 5. The summed E-state index contributed by atoms with van der Waals surface area (Å²) >= 11 is 5.94. The molecule has 0 aliphatic rings. The van der Waals surface area contributed by atoms with Crippen molar-refractivity contribution in [3.8, 4) is 0 Å². The van der Waals surface area contributed by atoms with Gasteiger partial charge in [0.15, 0.2) is 5.69 Å². The van der Waals surface area contributed by atoms with Gasteiger partial charge in [-0.1, -0.05) is 15.9 Å². The van der Waals surface area contributed by atoms with Gasteiger partial charge >= 0.3 is 6.18 Å². The van der Waals surface area contributed by atoms with Gasteiger partial charge in [-0.05, 0) is 47.1 Å². The van der Waals surface area contributed by atoms with Gasteiger partial charge in [-0.3, -0.25) is 14.9 Å². The summed E-state index contributed by atoms with van der Waals surface area (Å²) in [7, 11) is -4.02. The van der Waals surface area contributed by atoms with Gasteiger partial charge < -0.3 is 0 Å². The van der Waals surface area contributed by atoms with E-state index in [-0.39, 0.29) is 15.1 Å². The predicted molar refractivity (Wildman–Crippen MR) is 92.3 cm³/mol. The molecule has 0 saturated heterocycles. The third-order valence-electron chi connectivity index (χ3n) is 3.14. The molecule has 1 amide bonds. The lowest BCUT2D eigenvalue weighted by molar-refractivity contribution is -0.142. The van der Waals surface area contributed by atoms with Crippen molar-refractivity contribution < 1.29 is 26.4 Å². The summed E-state index contributed by atoms with van der Waals surface area (Å²) in [4.78, 5) is 13.6. The van der Waals surface area contributed by atoms with Gasteiger partial charge in [-0.25, -0.2) is 8.42 Å². The highest BCUT2D eigenvalue weighted by Crippen LogP contribution is 2.35. The molecule has 0 radical (unpaired) electrons. The molecule has 0 aliphatic carbocycles. The molecule has 0 saturated carbocycles. The highest BCUT2D eigenvalue weighted by atomic mass is 79.9. The second-order valence-corrected chi connectivity index (χ2v) is 8.40. The number of hydrogen-bond donors (Lipinski definition) is 2. The van der Waals surface area contributed by atoms with E-state index in [0.717, 1.165) is 4.68 Å². The minimum Gasteiger partial charge on any atom is -0.276 e. The van der Waals surface area contributed by atoms with E-state index in [2.05, 4.69) is 37.0 Å². The predicted octanol–water partition coefficient (Wildman–Crippen LogP) is 2.75. The molecule has 0 bridgehead atoms. The van der Waals surface area contributed by atoms with Crippen LogP contribution < -0.4 is 10.3 Å². The number of hydrazine groups is 1. The van der Waals surface area contributed by atoms with Gasteiger partial charge in [0, 0.05) is 4.47 Å². The van der Waals surface area contributed by atoms with Crippen molar-refractivity contribution in [3.05, 3.63) is 44.6 Å². The fourth-order valence-corrected chi connectivity index (χ4v) is 3.47. The van der Waals surface area contributed by atoms with E-state index in [0.29, 0.717) is 4.47 Å². The number of rotatable bonds is 5. The van der Waals surface area contributed by atoms with Crippen LogP contribution in [-0.2, 0) is 27.5 Å². The summed E-state index contributed by atoms with van der Waals surface area (Å²) in [5.41, 5.74) is 0.837. The SMILES string of the molecule is Cc1c(Br)c(C(F)(F)F)nn1CC(=O)NNS(=O)(=O)c1ccc(Br)cc1. The Labute approximate surface area is 163 Å². The normalized spacial score (nSPS) is 12.2. The van der Waals surface area contributed by atoms with Crippen molar-refractivity contribution in [2.24, 2.45) is 0 Å². The Morgan fingerprint density at radius 3 is 2.31 bits per heavy atom. The first kappa shape index (κ1) is 20.9. The van der Waals surface area contributed by atoms with Gasteiger partial charge in [0.2, 0.25) is 0 Å². The van der Waals surface area contributed by atoms with Crippen molar-refractivity contribution in [2.75, 3.05) is 0 Å². The second-order valence-electron chi connectivity index (χ2n) is 5.01. The minimum atomic E-state index is -4.69. The van der Waals surface area contributed by atoms with Crippen LogP contribution in [-0.4, -0.2) is 24.1 Å². The lowest BCUT2D eigenvalue weighted by atomic mass is 10.3. The molecule has 1 heterocycles. The largest absolute Gasteiger partial charge is 0.436 e. The molecule has 0 aliphatic heterocycles. The summed E-state index contributed by atoms with van der Waals surface area (Å²) in [6, 6.07) is 5.62. The third-order valence-corrected chi connectivity index (χ3v) is 5.89. The van der Waals surface area contributed by atoms with Crippen molar-refractivity contribution in [1.29, 1.82) is 0 Å². The molecule has 0 spiro atoms. The fraction of sp³-hybridized carbons (Fsp3) is 0.231. The van der Waals surface area contributed by atoms with Crippen LogP contribution >= 0.6 is 31.9 Å². The van der Waals surface area contributed by atoms with Crippen LogP contribution in [0.3, 0.4) is 0 Å². The van der Waals surface area contributed by atoms with E-state index in [1.807, 2.05) is 10.3 Å². The number of nitrogens with zero attached hydrogens (tertiary/aromatic N) is 2. The Bertz CT molecular complexity index is 927. The van der Waals surface area contributed by atoms with E-state index in [1.54, 1.807) is 0 Å². The lowest BCUT2D eigenvalue weighted by Gasteiger charge is -2.09. The Morgan fingerprint density at radius 2 is 1.81 bits per heavy atom. The number of aromatic nitrogens is 2. The number of amides is 1. The first-order valence-corrected chi connectivity index (χ1v) is 9.85. The summed E-state index contributed by atoms with van der Waals surface area (Å²) < 4.78 is 63.7. The van der Waals surface area contributed by atoms with E-state index >= 15 is 0 Å². The Balaban J connectivity index is 2.07. The zero-order chi connectivity index (χ0) is 19.7. The number of alkyl halides is 3. The first-order valence-electron chi connectivity index (χ1n) is 6.78. The van der Waals surface area contributed by atoms with Crippen LogP contribution in [0, 0.1) is 6.92 Å². The molecule has 1 aromatic heterocycles. The van der Waals surface area contributed by atoms with Crippen LogP contribution in [0.1, 0.15) is 11.4 Å². The van der Waals surface area contributed by atoms with Crippen LogP contribution in [0.2, 0.25) is 0 Å². The molecule has 2 rings (SSSR count). The summed E-state index contributed by atoms with van der Waals surface area (Å²) in [5, 5.41) is 3.33. The molecule has 7 nitrogen and oxygen atoms in total. The fourth-order valence-electron chi connectivity index (χ4n) is 1.83. The second kappa shape index (κ2) is 7.66. The lowest BCUT2D eigenvalue weighted by Crippen LogP contribution is -2.43. The molecule has 2 N–H and O–H groups in total. The minimum absolute atomic E-state index is 0.0724. The summed E-state index contributed by atoms with van der Waals surface area (Å²) in [6.07, 6.45) is -4.69. The number of benzene rings is 1. The van der Waals surface area contributed by atoms with Crippen molar-refractivity contribution >= 4 is 47.8 Å². The summed E-state index contributed by atoms with van der Waals surface area (Å²) in [6.45, 7) is 0.731. The zero-order valence-electron chi connectivity index (χ0n) is 12.9. The van der Waals surface area contributed by atoms with Crippen LogP contribution in [0.15, 0.2) is 38.1 Å². The van der Waals surface area contributed by atoms with Gasteiger partial charge in [-0.2, -0.15) is 18.3 Å². The molecular weight excluding hydrogens is 509 g/mol. The Hall–Kier alpha value is -1.44. The first-order chi connectivity index (χ1) is 11.9. The van der Waals surface area contributed by atoms with Crippen molar-refractivity contribution in [1.82, 2.24) is 20.0 Å². The number of carbonyl (C=O) groups is 1. The average molecular weight is 520 g/mol. The molecule has 26 heavy (non-hydrogen) atoms. The molecule has 0 atom stereocenters. The van der Waals surface area contributed by atoms with Gasteiger partial charge in [0.25, 0.3) is 15.9 Å². The monoisotopic (exact) mass is 518 g/mol. The topological polar surface area (TPSA) is 93.1 Å². The maximum atomic E-state index is 12.8. The van der Waals surface area contributed by atoms with Gasteiger partial charge in [0.05, 0.1) is 15.1 Å². The number of nitrogens with one attached hydrogen (secondary N) is 2. The quantitative estimate of drug-likeness (QED) is 0.594. The van der Waals surface area contributed by atoms with Gasteiger partial charge in [0.1, 0.15) is 6.54 Å². The molecule has 13 heteroatoms. The number of sulfonamides is 1. The summed E-state index contributed by atoms with van der Waals surface area (Å²) in [5.74, 6) is -0.891. The zero-order valence-corrected chi connectivity index (χ0v) is 16.9. The maximum absolute atomic E-state index is 12.8.